The van der Waals surface area contributed by atoms with Crippen molar-refractivity contribution in [3.8, 4) is 0 Å². The molecule has 0 saturated heterocycles. The van der Waals surface area contributed by atoms with Gasteiger partial charge in [0.2, 0.25) is 0 Å². The van der Waals surface area contributed by atoms with Crippen molar-refractivity contribution in [1.29, 1.82) is 0 Å². The molecule has 0 bridgehead atoms. The van der Waals surface area contributed by atoms with E-state index >= 15 is 0 Å². The van der Waals surface area contributed by atoms with E-state index in [-0.39, 0.29) is 0 Å². The highest BCUT2D eigenvalue weighted by molar-refractivity contribution is 6.89. The standard InChI is InChI=1S/C12H22Si2/c1-6-14(4,5)12-9-7-11(8-10-12)13(2)3/h7-10,13H,6H2,1-5H3. The average molecular weight is 222 g/mol. The van der Waals surface area contributed by atoms with Crippen LogP contribution in [0.4, 0.5) is 0 Å². The fourth-order valence-corrected chi connectivity index (χ4v) is 3.96. The Hall–Kier alpha value is -0.346. The summed E-state index contributed by atoms with van der Waals surface area (Å²) in [5.74, 6) is 0. The first-order valence-corrected chi connectivity index (χ1v) is 11.7. The van der Waals surface area contributed by atoms with E-state index in [0.717, 1.165) is 0 Å². The molecular weight excluding hydrogens is 200 g/mol. The minimum atomic E-state index is -1.10. The van der Waals surface area contributed by atoms with E-state index in [0.29, 0.717) is 0 Å². The number of hydrogen-bond acceptors (Lipinski definition) is 0. The molecular formula is C12H22Si2. The van der Waals surface area contributed by atoms with Crippen LogP contribution in [-0.4, -0.2) is 16.9 Å². The first kappa shape index (κ1) is 11.7. The Morgan fingerprint density at radius 3 is 1.93 bits per heavy atom. The van der Waals surface area contributed by atoms with Gasteiger partial charge in [0.1, 0.15) is 0 Å². The maximum absolute atomic E-state index is 2.45. The second-order valence-corrected chi connectivity index (χ2v) is 13.0. The molecule has 0 amide bonds. The predicted octanol–water partition coefficient (Wildman–Crippen LogP) is 2.32. The van der Waals surface area contributed by atoms with Crippen LogP contribution in [0.25, 0.3) is 0 Å². The quantitative estimate of drug-likeness (QED) is 0.689. The Kier molecular flexibility index (Phi) is 3.73. The Morgan fingerprint density at radius 1 is 1.07 bits per heavy atom. The van der Waals surface area contributed by atoms with Crippen molar-refractivity contribution < 1.29 is 0 Å². The zero-order chi connectivity index (χ0) is 10.8. The van der Waals surface area contributed by atoms with E-state index in [9.17, 15) is 0 Å². The number of rotatable bonds is 3. The van der Waals surface area contributed by atoms with E-state index in [1.54, 1.807) is 10.4 Å². The van der Waals surface area contributed by atoms with Gasteiger partial charge in [-0.3, -0.25) is 0 Å². The van der Waals surface area contributed by atoms with Crippen LogP contribution < -0.4 is 10.4 Å². The van der Waals surface area contributed by atoms with E-state index in [1.807, 2.05) is 0 Å². The Morgan fingerprint density at radius 2 is 1.57 bits per heavy atom. The van der Waals surface area contributed by atoms with Gasteiger partial charge in [-0.15, -0.1) is 0 Å². The molecule has 0 fully saturated rings. The zero-order valence-electron chi connectivity index (χ0n) is 10.1. The van der Waals surface area contributed by atoms with Gasteiger partial charge in [0.05, 0.1) is 16.9 Å². The molecule has 0 atom stereocenters. The summed E-state index contributed by atoms with van der Waals surface area (Å²) in [4.78, 5) is 0. The van der Waals surface area contributed by atoms with Crippen molar-refractivity contribution in [2.75, 3.05) is 0 Å². The fraction of sp³-hybridized carbons (Fsp3) is 0.500. The summed E-state index contributed by atoms with van der Waals surface area (Å²) in [5, 5.41) is 3.20. The smallest absolute Gasteiger partial charge is 0.0682 e. The summed E-state index contributed by atoms with van der Waals surface area (Å²) in [6, 6.07) is 10.8. The van der Waals surface area contributed by atoms with E-state index in [4.69, 9.17) is 0 Å². The van der Waals surface area contributed by atoms with Crippen LogP contribution >= 0.6 is 0 Å². The van der Waals surface area contributed by atoms with Crippen LogP contribution in [0.5, 0.6) is 0 Å². The van der Waals surface area contributed by atoms with Crippen molar-refractivity contribution in [2.45, 2.75) is 39.2 Å². The third kappa shape index (κ3) is 2.58. The molecule has 0 heterocycles. The molecule has 1 aromatic carbocycles. The molecule has 0 radical (unpaired) electrons. The van der Waals surface area contributed by atoms with Crippen molar-refractivity contribution >= 4 is 27.2 Å². The molecule has 78 valence electrons. The van der Waals surface area contributed by atoms with Crippen LogP contribution in [0.2, 0.25) is 32.2 Å². The first-order valence-electron chi connectivity index (χ1n) is 5.58. The highest BCUT2D eigenvalue weighted by Gasteiger charge is 2.20. The lowest BCUT2D eigenvalue weighted by atomic mass is 10.4. The zero-order valence-corrected chi connectivity index (χ0v) is 12.2. The van der Waals surface area contributed by atoms with Crippen molar-refractivity contribution in [2.24, 2.45) is 0 Å². The van der Waals surface area contributed by atoms with Gasteiger partial charge >= 0.3 is 0 Å². The third-order valence-corrected chi connectivity index (χ3v) is 8.62. The van der Waals surface area contributed by atoms with Gasteiger partial charge in [-0.05, 0) is 0 Å². The first-order chi connectivity index (χ1) is 6.47. The monoisotopic (exact) mass is 222 g/mol. The summed E-state index contributed by atoms with van der Waals surface area (Å²) in [6.45, 7) is 12.0. The van der Waals surface area contributed by atoms with Crippen LogP contribution in [0, 0.1) is 0 Å². The molecule has 0 saturated carbocycles. The van der Waals surface area contributed by atoms with E-state index < -0.39 is 16.9 Å². The third-order valence-electron chi connectivity index (χ3n) is 3.24. The summed E-state index contributed by atoms with van der Waals surface area (Å²) >= 11 is 0. The Bertz CT molecular complexity index is 286. The molecule has 0 N–H and O–H groups in total. The maximum Gasteiger partial charge on any atom is 0.0803 e. The van der Waals surface area contributed by atoms with Gasteiger partial charge in [0.15, 0.2) is 0 Å². The molecule has 1 rings (SSSR count). The second-order valence-electron chi connectivity index (χ2n) is 5.01. The van der Waals surface area contributed by atoms with E-state index in [1.165, 1.54) is 6.04 Å². The van der Waals surface area contributed by atoms with Gasteiger partial charge in [0, 0.05) is 0 Å². The van der Waals surface area contributed by atoms with E-state index in [2.05, 4.69) is 57.4 Å². The minimum absolute atomic E-state index is 0.597. The van der Waals surface area contributed by atoms with Crippen LogP contribution in [0.3, 0.4) is 0 Å². The van der Waals surface area contributed by atoms with Crippen LogP contribution in [-0.2, 0) is 0 Å². The van der Waals surface area contributed by atoms with Crippen LogP contribution in [0.15, 0.2) is 24.3 Å². The van der Waals surface area contributed by atoms with Gasteiger partial charge in [-0.25, -0.2) is 0 Å². The summed E-state index contributed by atoms with van der Waals surface area (Å²) in [7, 11) is -1.69. The largest absolute Gasteiger partial charge is 0.0803 e. The Balaban J connectivity index is 2.94. The molecule has 0 nitrogen and oxygen atoms in total. The molecule has 0 aromatic heterocycles. The van der Waals surface area contributed by atoms with Crippen molar-refractivity contribution in [3.05, 3.63) is 24.3 Å². The lowest BCUT2D eigenvalue weighted by Gasteiger charge is -2.21. The summed E-state index contributed by atoms with van der Waals surface area (Å²) < 4.78 is 0. The van der Waals surface area contributed by atoms with Gasteiger partial charge in [-0.2, -0.15) is 0 Å². The molecule has 0 aliphatic rings. The molecule has 0 aliphatic carbocycles. The van der Waals surface area contributed by atoms with Gasteiger partial charge < -0.3 is 0 Å². The molecule has 0 spiro atoms. The molecule has 0 aliphatic heterocycles. The topological polar surface area (TPSA) is 0 Å². The molecule has 1 aromatic rings. The SMILES string of the molecule is CC[Si](C)(C)c1ccc([SiH](C)C)cc1. The highest BCUT2D eigenvalue weighted by atomic mass is 28.3. The van der Waals surface area contributed by atoms with Crippen molar-refractivity contribution in [1.82, 2.24) is 0 Å². The second kappa shape index (κ2) is 4.45. The molecule has 2 heteroatoms. The van der Waals surface area contributed by atoms with Gasteiger partial charge in [0.25, 0.3) is 0 Å². The normalized spacial score (nSPS) is 12.1. The predicted molar refractivity (Wildman–Crippen MR) is 72.6 cm³/mol. The molecule has 0 unspecified atom stereocenters. The Labute approximate surface area is 91.0 Å². The van der Waals surface area contributed by atoms with Gasteiger partial charge in [-0.1, -0.05) is 73.8 Å². The maximum atomic E-state index is 2.45. The average Bonchev–Trinajstić information content (AvgIpc) is 2.18. The van der Waals surface area contributed by atoms with Crippen LogP contribution in [0.1, 0.15) is 6.92 Å². The summed E-state index contributed by atoms with van der Waals surface area (Å²) in [6.07, 6.45) is 0. The fourth-order valence-electron chi connectivity index (χ4n) is 1.52. The number of benzene rings is 1. The summed E-state index contributed by atoms with van der Waals surface area (Å²) in [5.41, 5.74) is 0. The van der Waals surface area contributed by atoms with Crippen molar-refractivity contribution in [3.63, 3.8) is 0 Å². The molecule has 14 heavy (non-hydrogen) atoms. The lowest BCUT2D eigenvalue weighted by Crippen LogP contribution is -2.41. The number of hydrogen-bond donors (Lipinski definition) is 0. The lowest BCUT2D eigenvalue weighted by molar-refractivity contribution is 1.37. The minimum Gasteiger partial charge on any atom is -0.0682 e. The highest BCUT2D eigenvalue weighted by Crippen LogP contribution is 2.07.